The first kappa shape index (κ1) is 19.7. The second-order valence-electron chi connectivity index (χ2n) is 5.87. The number of anilines is 1. The topological polar surface area (TPSA) is 71.3 Å². The van der Waals surface area contributed by atoms with Crippen molar-refractivity contribution in [3.05, 3.63) is 42.4 Å². The van der Waals surface area contributed by atoms with Gasteiger partial charge in [-0.2, -0.15) is 0 Å². The molecule has 26 heavy (non-hydrogen) atoms. The molecule has 0 saturated carbocycles. The van der Waals surface area contributed by atoms with Gasteiger partial charge in [0.1, 0.15) is 5.76 Å². The minimum absolute atomic E-state index is 0.0957. The summed E-state index contributed by atoms with van der Waals surface area (Å²) in [6, 6.07) is 9.64. The molecule has 1 unspecified atom stereocenters. The van der Waals surface area contributed by atoms with Crippen molar-refractivity contribution in [2.75, 3.05) is 46.7 Å². The van der Waals surface area contributed by atoms with Crippen LogP contribution in [0.2, 0.25) is 0 Å². The fourth-order valence-electron chi connectivity index (χ4n) is 2.55. The van der Waals surface area contributed by atoms with E-state index in [4.69, 9.17) is 13.9 Å². The van der Waals surface area contributed by atoms with E-state index in [2.05, 4.69) is 20.5 Å². The Balaban J connectivity index is 2.04. The summed E-state index contributed by atoms with van der Waals surface area (Å²) in [4.78, 5) is 6.38. The summed E-state index contributed by atoms with van der Waals surface area (Å²) in [5, 5.41) is 6.61. The highest BCUT2D eigenvalue weighted by Crippen LogP contribution is 2.30. The van der Waals surface area contributed by atoms with Crippen LogP contribution in [-0.2, 0) is 0 Å². The Labute approximate surface area is 155 Å². The molecule has 0 aliphatic heterocycles. The van der Waals surface area contributed by atoms with Crippen LogP contribution in [0.25, 0.3) is 0 Å². The van der Waals surface area contributed by atoms with Gasteiger partial charge in [0.15, 0.2) is 17.5 Å². The Morgan fingerprint density at radius 2 is 2.08 bits per heavy atom. The quantitative estimate of drug-likeness (QED) is 0.557. The second kappa shape index (κ2) is 9.72. The van der Waals surface area contributed by atoms with Gasteiger partial charge in [0, 0.05) is 25.3 Å². The molecule has 0 spiro atoms. The van der Waals surface area contributed by atoms with Crippen molar-refractivity contribution in [3.63, 3.8) is 0 Å². The molecule has 0 fully saturated rings. The van der Waals surface area contributed by atoms with Crippen molar-refractivity contribution in [2.45, 2.75) is 13.0 Å². The zero-order valence-electron chi connectivity index (χ0n) is 16.1. The average Bonchev–Trinajstić information content (AvgIpc) is 3.15. The zero-order chi connectivity index (χ0) is 18.9. The molecule has 2 N–H and O–H groups in total. The van der Waals surface area contributed by atoms with E-state index in [0.29, 0.717) is 30.6 Å². The van der Waals surface area contributed by atoms with E-state index in [-0.39, 0.29) is 6.04 Å². The highest BCUT2D eigenvalue weighted by Gasteiger charge is 2.17. The SMILES string of the molecule is CCOc1cc(NC(=NC)NCC(c2ccco2)N(C)C)ccc1OC. The molecule has 0 radical (unpaired) electrons. The molecule has 7 heteroatoms. The highest BCUT2D eigenvalue weighted by atomic mass is 16.5. The van der Waals surface area contributed by atoms with Crippen LogP contribution in [0.4, 0.5) is 5.69 Å². The zero-order valence-corrected chi connectivity index (χ0v) is 16.1. The van der Waals surface area contributed by atoms with Gasteiger partial charge >= 0.3 is 0 Å². The van der Waals surface area contributed by atoms with Gasteiger partial charge in [-0.15, -0.1) is 0 Å². The van der Waals surface area contributed by atoms with Crippen molar-refractivity contribution in [3.8, 4) is 11.5 Å². The molecule has 142 valence electrons. The van der Waals surface area contributed by atoms with Gasteiger partial charge in [-0.1, -0.05) is 0 Å². The summed E-state index contributed by atoms with van der Waals surface area (Å²) in [5.41, 5.74) is 0.863. The minimum atomic E-state index is 0.0957. The summed E-state index contributed by atoms with van der Waals surface area (Å²) >= 11 is 0. The number of aliphatic imine (C=N–C) groups is 1. The summed E-state index contributed by atoms with van der Waals surface area (Å²) in [6.07, 6.45) is 1.69. The van der Waals surface area contributed by atoms with Gasteiger partial charge in [0.2, 0.25) is 0 Å². The molecule has 0 aliphatic rings. The van der Waals surface area contributed by atoms with Gasteiger partial charge in [0.05, 0.1) is 26.0 Å². The number of benzene rings is 1. The fourth-order valence-corrected chi connectivity index (χ4v) is 2.55. The Morgan fingerprint density at radius 1 is 1.27 bits per heavy atom. The van der Waals surface area contributed by atoms with Gasteiger partial charge in [-0.05, 0) is 45.3 Å². The van der Waals surface area contributed by atoms with Gasteiger partial charge in [-0.3, -0.25) is 9.89 Å². The third-order valence-electron chi connectivity index (χ3n) is 3.91. The average molecular weight is 360 g/mol. The lowest BCUT2D eigenvalue weighted by molar-refractivity contribution is 0.258. The largest absolute Gasteiger partial charge is 0.493 e. The Hall–Kier alpha value is -2.67. The molecule has 0 amide bonds. The van der Waals surface area contributed by atoms with Crippen LogP contribution >= 0.6 is 0 Å². The van der Waals surface area contributed by atoms with E-state index in [1.807, 2.05) is 51.4 Å². The first-order valence-electron chi connectivity index (χ1n) is 8.57. The smallest absolute Gasteiger partial charge is 0.195 e. The molecule has 1 atom stereocenters. The predicted molar refractivity (Wildman–Crippen MR) is 104 cm³/mol. The normalized spacial score (nSPS) is 12.8. The molecule has 1 aromatic heterocycles. The number of likely N-dealkylation sites (N-methyl/N-ethyl adjacent to an activating group) is 1. The van der Waals surface area contributed by atoms with Crippen molar-refractivity contribution >= 4 is 11.6 Å². The van der Waals surface area contributed by atoms with Crippen molar-refractivity contribution in [2.24, 2.45) is 4.99 Å². The molecule has 2 rings (SSSR count). The maximum absolute atomic E-state index is 5.62. The number of nitrogens with zero attached hydrogens (tertiary/aromatic N) is 2. The lowest BCUT2D eigenvalue weighted by atomic mass is 10.2. The molecular formula is C19H28N4O3. The van der Waals surface area contributed by atoms with Crippen LogP contribution in [0.5, 0.6) is 11.5 Å². The van der Waals surface area contributed by atoms with Crippen LogP contribution in [0.15, 0.2) is 46.0 Å². The van der Waals surface area contributed by atoms with Gasteiger partial charge in [0.25, 0.3) is 0 Å². The second-order valence-corrected chi connectivity index (χ2v) is 5.87. The van der Waals surface area contributed by atoms with Crippen LogP contribution in [0, 0.1) is 0 Å². The van der Waals surface area contributed by atoms with Gasteiger partial charge in [-0.25, -0.2) is 0 Å². The van der Waals surface area contributed by atoms with Crippen molar-refractivity contribution in [1.82, 2.24) is 10.2 Å². The Bertz CT molecular complexity index is 699. The molecule has 0 bridgehead atoms. The van der Waals surface area contributed by atoms with E-state index < -0.39 is 0 Å². The van der Waals surface area contributed by atoms with E-state index in [1.54, 1.807) is 20.4 Å². The van der Waals surface area contributed by atoms with Crippen molar-refractivity contribution in [1.29, 1.82) is 0 Å². The summed E-state index contributed by atoms with van der Waals surface area (Å²) in [6.45, 7) is 3.16. The standard InChI is InChI=1S/C19H28N4O3/c1-6-25-18-12-14(9-10-17(18)24-5)22-19(20-2)21-13-15(23(3)4)16-8-7-11-26-16/h7-12,15H,6,13H2,1-5H3,(H2,20,21,22). The summed E-state index contributed by atoms with van der Waals surface area (Å²) in [7, 11) is 7.40. The number of guanidine groups is 1. The number of hydrogen-bond acceptors (Lipinski definition) is 5. The first-order chi connectivity index (χ1) is 12.6. The highest BCUT2D eigenvalue weighted by molar-refractivity contribution is 5.93. The maximum Gasteiger partial charge on any atom is 0.195 e. The molecule has 2 aromatic rings. The fraction of sp³-hybridized carbons (Fsp3) is 0.421. The maximum atomic E-state index is 5.62. The third kappa shape index (κ3) is 5.16. The number of nitrogens with one attached hydrogen (secondary N) is 2. The van der Waals surface area contributed by atoms with Crippen LogP contribution in [-0.4, -0.2) is 52.3 Å². The molecule has 0 aliphatic carbocycles. The predicted octanol–water partition coefficient (Wildman–Crippen LogP) is 2.98. The molecule has 1 heterocycles. The molecule has 7 nitrogen and oxygen atoms in total. The van der Waals surface area contributed by atoms with E-state index in [9.17, 15) is 0 Å². The van der Waals surface area contributed by atoms with E-state index in [1.165, 1.54) is 0 Å². The van der Waals surface area contributed by atoms with Crippen LogP contribution in [0.3, 0.4) is 0 Å². The Morgan fingerprint density at radius 3 is 2.65 bits per heavy atom. The number of ether oxygens (including phenoxy) is 2. The summed E-state index contributed by atoms with van der Waals surface area (Å²) < 4.78 is 16.5. The lowest BCUT2D eigenvalue weighted by Gasteiger charge is -2.23. The minimum Gasteiger partial charge on any atom is -0.493 e. The number of methoxy groups -OCH3 is 1. The van der Waals surface area contributed by atoms with Crippen molar-refractivity contribution < 1.29 is 13.9 Å². The van der Waals surface area contributed by atoms with Crippen LogP contribution < -0.4 is 20.1 Å². The molecular weight excluding hydrogens is 332 g/mol. The monoisotopic (exact) mass is 360 g/mol. The summed E-state index contributed by atoms with van der Waals surface area (Å²) in [5.74, 6) is 2.96. The van der Waals surface area contributed by atoms with Crippen LogP contribution in [0.1, 0.15) is 18.7 Å². The Kier molecular flexibility index (Phi) is 7.35. The lowest BCUT2D eigenvalue weighted by Crippen LogP contribution is -2.37. The number of rotatable bonds is 8. The first-order valence-corrected chi connectivity index (χ1v) is 8.57. The van der Waals surface area contributed by atoms with E-state index >= 15 is 0 Å². The molecule has 1 aromatic carbocycles. The third-order valence-corrected chi connectivity index (χ3v) is 3.91. The molecule has 0 saturated heterocycles. The van der Waals surface area contributed by atoms with E-state index in [0.717, 1.165) is 11.4 Å². The number of hydrogen-bond donors (Lipinski definition) is 2. The number of furan rings is 1. The van der Waals surface area contributed by atoms with Gasteiger partial charge < -0.3 is 24.5 Å².